The van der Waals surface area contributed by atoms with Crippen molar-refractivity contribution in [1.29, 1.82) is 0 Å². The summed E-state index contributed by atoms with van der Waals surface area (Å²) in [6.45, 7) is 1.28. The number of primary sulfonamides is 1. The van der Waals surface area contributed by atoms with E-state index in [1.807, 2.05) is 0 Å². The Kier molecular flexibility index (Phi) is 2.79. The SMILES string of the molecule is C[C@@H](CS(N)(=O)=O)C(=O)O. The summed E-state index contributed by atoms with van der Waals surface area (Å²) in [6, 6.07) is 0. The van der Waals surface area contributed by atoms with Crippen LogP contribution in [0.5, 0.6) is 0 Å². The Hall–Kier alpha value is -0.620. The van der Waals surface area contributed by atoms with Crippen LogP contribution in [0.3, 0.4) is 0 Å². The van der Waals surface area contributed by atoms with Crippen molar-refractivity contribution in [2.24, 2.45) is 11.1 Å². The molecule has 0 aliphatic rings. The highest BCUT2D eigenvalue weighted by Crippen LogP contribution is 1.96. The van der Waals surface area contributed by atoms with E-state index in [0.29, 0.717) is 0 Å². The van der Waals surface area contributed by atoms with E-state index in [4.69, 9.17) is 5.11 Å². The number of carboxylic acids is 1. The molecule has 3 N–H and O–H groups in total. The molecular formula is C4H9NO4S. The maximum atomic E-state index is 10.3. The first kappa shape index (κ1) is 9.38. The molecule has 6 heteroatoms. The van der Waals surface area contributed by atoms with Crippen LogP contribution in [0, 0.1) is 5.92 Å². The van der Waals surface area contributed by atoms with Crippen molar-refractivity contribution in [2.75, 3.05) is 5.75 Å². The second-order valence-corrected chi connectivity index (χ2v) is 3.73. The van der Waals surface area contributed by atoms with Crippen LogP contribution >= 0.6 is 0 Å². The molecule has 0 rings (SSSR count). The van der Waals surface area contributed by atoms with Gasteiger partial charge in [0, 0.05) is 0 Å². The molecule has 0 bridgehead atoms. The third-order valence-corrected chi connectivity index (χ3v) is 1.87. The third-order valence-electron chi connectivity index (χ3n) is 0.904. The van der Waals surface area contributed by atoms with E-state index in [9.17, 15) is 13.2 Å². The standard InChI is InChI=1S/C4H9NO4S/c1-3(4(6)7)2-10(5,8)9/h3H,2H2,1H3,(H,6,7)(H2,5,8,9)/t3-/m0/s1. The van der Waals surface area contributed by atoms with Gasteiger partial charge < -0.3 is 5.11 Å². The van der Waals surface area contributed by atoms with Crippen LogP contribution in [0.25, 0.3) is 0 Å². The van der Waals surface area contributed by atoms with Crippen molar-refractivity contribution in [2.45, 2.75) is 6.92 Å². The van der Waals surface area contributed by atoms with Gasteiger partial charge in [-0.15, -0.1) is 0 Å². The van der Waals surface area contributed by atoms with Crippen LogP contribution in [0.15, 0.2) is 0 Å². The molecule has 0 aliphatic heterocycles. The molecule has 5 nitrogen and oxygen atoms in total. The number of hydrogen-bond acceptors (Lipinski definition) is 3. The molecule has 0 heterocycles. The summed E-state index contributed by atoms with van der Waals surface area (Å²) in [5.41, 5.74) is 0. The highest BCUT2D eigenvalue weighted by atomic mass is 32.2. The number of nitrogens with two attached hydrogens (primary N) is 1. The lowest BCUT2D eigenvalue weighted by Gasteiger charge is -2.01. The Labute approximate surface area is 58.9 Å². The van der Waals surface area contributed by atoms with Gasteiger partial charge in [0.25, 0.3) is 0 Å². The topological polar surface area (TPSA) is 97.5 Å². The lowest BCUT2D eigenvalue weighted by molar-refractivity contribution is -0.140. The summed E-state index contributed by atoms with van der Waals surface area (Å²) in [6.07, 6.45) is 0. The van der Waals surface area contributed by atoms with Crippen LogP contribution in [0.1, 0.15) is 6.92 Å². The largest absolute Gasteiger partial charge is 0.481 e. The average molecular weight is 167 g/mol. The number of hydrogen-bond donors (Lipinski definition) is 2. The zero-order valence-electron chi connectivity index (χ0n) is 5.44. The van der Waals surface area contributed by atoms with Gasteiger partial charge in [0.2, 0.25) is 10.0 Å². The van der Waals surface area contributed by atoms with Crippen LogP contribution in [-0.2, 0) is 14.8 Å². The lowest BCUT2D eigenvalue weighted by Crippen LogP contribution is -2.26. The van der Waals surface area contributed by atoms with Crippen LogP contribution in [0.4, 0.5) is 0 Å². The normalized spacial score (nSPS) is 14.6. The second-order valence-electron chi connectivity index (χ2n) is 2.07. The van der Waals surface area contributed by atoms with Gasteiger partial charge in [-0.2, -0.15) is 0 Å². The molecule has 0 radical (unpaired) electrons. The Bertz CT molecular complexity index is 219. The van der Waals surface area contributed by atoms with Gasteiger partial charge >= 0.3 is 5.97 Å². The minimum Gasteiger partial charge on any atom is -0.481 e. The quantitative estimate of drug-likeness (QED) is 0.563. The highest BCUT2D eigenvalue weighted by Gasteiger charge is 2.16. The fourth-order valence-electron chi connectivity index (χ4n) is 0.420. The van der Waals surface area contributed by atoms with Crippen molar-refractivity contribution in [1.82, 2.24) is 0 Å². The molecule has 0 saturated carbocycles. The summed E-state index contributed by atoms with van der Waals surface area (Å²) in [5, 5.41) is 12.8. The van der Waals surface area contributed by atoms with Crippen molar-refractivity contribution in [3.05, 3.63) is 0 Å². The Balaban J connectivity index is 4.06. The highest BCUT2D eigenvalue weighted by molar-refractivity contribution is 7.89. The van der Waals surface area contributed by atoms with E-state index in [2.05, 4.69) is 5.14 Å². The fraction of sp³-hybridized carbons (Fsp3) is 0.750. The summed E-state index contributed by atoms with van der Waals surface area (Å²) >= 11 is 0. The average Bonchev–Trinajstić information content (AvgIpc) is 1.60. The Morgan fingerprint density at radius 3 is 2.20 bits per heavy atom. The summed E-state index contributed by atoms with van der Waals surface area (Å²) in [7, 11) is -3.65. The summed E-state index contributed by atoms with van der Waals surface area (Å²) in [5.74, 6) is -2.61. The van der Waals surface area contributed by atoms with Gasteiger partial charge in [0.15, 0.2) is 0 Å². The fourth-order valence-corrected chi connectivity index (χ4v) is 1.26. The van der Waals surface area contributed by atoms with Gasteiger partial charge in [-0.1, -0.05) is 6.92 Å². The second kappa shape index (κ2) is 2.98. The van der Waals surface area contributed by atoms with E-state index in [1.54, 1.807) is 0 Å². The zero-order valence-corrected chi connectivity index (χ0v) is 6.26. The molecule has 10 heavy (non-hydrogen) atoms. The summed E-state index contributed by atoms with van der Waals surface area (Å²) in [4.78, 5) is 10.1. The number of carbonyl (C=O) groups is 1. The molecule has 60 valence electrons. The predicted molar refractivity (Wildman–Crippen MR) is 34.8 cm³/mol. The maximum absolute atomic E-state index is 10.3. The molecule has 0 saturated heterocycles. The molecule has 0 aromatic heterocycles. The number of aliphatic carboxylic acids is 1. The predicted octanol–water partition coefficient (Wildman–Crippen LogP) is -1.00. The van der Waals surface area contributed by atoms with Gasteiger partial charge in [0.1, 0.15) is 0 Å². The van der Waals surface area contributed by atoms with Crippen LogP contribution in [0.2, 0.25) is 0 Å². The molecule has 0 amide bonds. The van der Waals surface area contributed by atoms with Gasteiger partial charge in [0.05, 0.1) is 11.7 Å². The van der Waals surface area contributed by atoms with Crippen LogP contribution in [-0.4, -0.2) is 25.2 Å². The molecule has 0 unspecified atom stereocenters. The number of carboxylic acid groups (broad SMARTS) is 1. The molecule has 0 aromatic carbocycles. The first-order valence-electron chi connectivity index (χ1n) is 2.56. The van der Waals surface area contributed by atoms with E-state index < -0.39 is 27.7 Å². The Morgan fingerprint density at radius 1 is 1.70 bits per heavy atom. The number of sulfonamides is 1. The first-order chi connectivity index (χ1) is 4.33. The first-order valence-corrected chi connectivity index (χ1v) is 4.28. The molecular weight excluding hydrogens is 158 g/mol. The van der Waals surface area contributed by atoms with Crippen molar-refractivity contribution in [3.63, 3.8) is 0 Å². The third kappa shape index (κ3) is 4.28. The Morgan fingerprint density at radius 2 is 2.10 bits per heavy atom. The molecule has 0 aromatic rings. The van der Waals surface area contributed by atoms with Crippen LogP contribution < -0.4 is 5.14 Å². The monoisotopic (exact) mass is 167 g/mol. The number of rotatable bonds is 3. The summed E-state index contributed by atoms with van der Waals surface area (Å²) < 4.78 is 20.5. The van der Waals surface area contributed by atoms with E-state index in [0.717, 1.165) is 0 Å². The van der Waals surface area contributed by atoms with Crippen molar-refractivity contribution >= 4 is 16.0 Å². The van der Waals surface area contributed by atoms with E-state index in [-0.39, 0.29) is 0 Å². The van der Waals surface area contributed by atoms with Gasteiger partial charge in [-0.05, 0) is 0 Å². The smallest absolute Gasteiger partial charge is 0.307 e. The molecule has 0 aliphatic carbocycles. The molecule has 1 atom stereocenters. The van der Waals surface area contributed by atoms with Crippen molar-refractivity contribution in [3.8, 4) is 0 Å². The maximum Gasteiger partial charge on any atom is 0.307 e. The van der Waals surface area contributed by atoms with Gasteiger partial charge in [-0.25, -0.2) is 13.6 Å². The molecule has 0 fully saturated rings. The minimum absolute atomic E-state index is 0.512. The molecule has 0 spiro atoms. The lowest BCUT2D eigenvalue weighted by atomic mass is 10.2. The van der Waals surface area contributed by atoms with Gasteiger partial charge in [-0.3, -0.25) is 4.79 Å². The van der Waals surface area contributed by atoms with E-state index >= 15 is 0 Å². The zero-order chi connectivity index (χ0) is 8.36. The van der Waals surface area contributed by atoms with Crippen molar-refractivity contribution < 1.29 is 18.3 Å². The minimum atomic E-state index is -3.65. The van der Waals surface area contributed by atoms with E-state index in [1.165, 1.54) is 6.92 Å².